The number of nitrogens with zero attached hydrogens (tertiary/aromatic N) is 1. The Balaban J connectivity index is 2.82. The molecule has 0 aliphatic rings. The van der Waals surface area contributed by atoms with Crippen LogP contribution < -0.4 is 10.2 Å². The molecule has 3 nitrogen and oxygen atoms in total. The van der Waals surface area contributed by atoms with Crippen LogP contribution in [-0.2, 0) is 0 Å². The van der Waals surface area contributed by atoms with E-state index in [9.17, 15) is 8.78 Å². The molecule has 5 heteroatoms. The van der Waals surface area contributed by atoms with Crippen molar-refractivity contribution < 1.29 is 13.9 Å². The Morgan fingerprint density at radius 1 is 1.26 bits per heavy atom. The number of hydrogen-bond acceptors (Lipinski definition) is 3. The van der Waals surface area contributed by atoms with Crippen molar-refractivity contribution in [3.8, 4) is 0 Å². The molecule has 19 heavy (non-hydrogen) atoms. The van der Waals surface area contributed by atoms with Crippen molar-refractivity contribution in [1.29, 1.82) is 0 Å². The van der Waals surface area contributed by atoms with E-state index in [-0.39, 0.29) is 25.7 Å². The smallest absolute Gasteiger partial charge is 0.255 e. The molecule has 1 aromatic carbocycles. The number of halogens is 2. The van der Waals surface area contributed by atoms with Crippen molar-refractivity contribution in [3.05, 3.63) is 29.8 Å². The highest BCUT2D eigenvalue weighted by atomic mass is 19.3. The number of aliphatic hydroxyl groups is 1. The molecule has 1 unspecified atom stereocenters. The van der Waals surface area contributed by atoms with Gasteiger partial charge in [0.2, 0.25) is 0 Å². The molecule has 2 N–H and O–H groups in total. The summed E-state index contributed by atoms with van der Waals surface area (Å²) in [4.78, 5) is 1.49. The number of hydrogen-bond donors (Lipinski definition) is 2. The highest BCUT2D eigenvalue weighted by Gasteiger charge is 2.13. The third-order valence-electron chi connectivity index (χ3n) is 3.15. The maximum atomic E-state index is 12.5. The number of nitrogens with one attached hydrogen (secondary N) is 1. The molecule has 0 fully saturated rings. The van der Waals surface area contributed by atoms with E-state index < -0.39 is 6.43 Å². The van der Waals surface area contributed by atoms with E-state index in [0.717, 1.165) is 12.0 Å². The molecule has 0 amide bonds. The Bertz CT molecular complexity index is 353. The Morgan fingerprint density at radius 2 is 1.89 bits per heavy atom. The molecule has 0 radical (unpaired) electrons. The number of anilines is 1. The summed E-state index contributed by atoms with van der Waals surface area (Å²) in [6.45, 7) is 1.81. The van der Waals surface area contributed by atoms with Crippen LogP contribution in [0.25, 0.3) is 0 Å². The zero-order chi connectivity index (χ0) is 14.3. The first-order valence-electron chi connectivity index (χ1n) is 6.53. The van der Waals surface area contributed by atoms with Crippen LogP contribution in [-0.4, -0.2) is 38.3 Å². The second-order valence-corrected chi connectivity index (χ2v) is 4.40. The van der Waals surface area contributed by atoms with Crippen molar-refractivity contribution in [2.75, 3.05) is 31.6 Å². The Labute approximate surface area is 113 Å². The lowest BCUT2D eigenvalue weighted by Gasteiger charge is -2.24. The monoisotopic (exact) mass is 272 g/mol. The second kappa shape index (κ2) is 8.07. The minimum Gasteiger partial charge on any atom is -0.395 e. The van der Waals surface area contributed by atoms with E-state index in [4.69, 9.17) is 5.11 Å². The van der Waals surface area contributed by atoms with E-state index in [1.165, 1.54) is 4.90 Å². The van der Waals surface area contributed by atoms with Crippen molar-refractivity contribution in [1.82, 2.24) is 5.32 Å². The highest BCUT2D eigenvalue weighted by Crippen LogP contribution is 2.21. The summed E-state index contributed by atoms with van der Waals surface area (Å²) in [5.41, 5.74) is 1.85. The predicted molar refractivity (Wildman–Crippen MR) is 73.8 cm³/mol. The van der Waals surface area contributed by atoms with Crippen LogP contribution >= 0.6 is 0 Å². The van der Waals surface area contributed by atoms with Crippen LogP contribution in [0.2, 0.25) is 0 Å². The van der Waals surface area contributed by atoms with Crippen molar-refractivity contribution >= 4 is 5.69 Å². The fraction of sp³-hybridized carbons (Fsp3) is 0.571. The van der Waals surface area contributed by atoms with Gasteiger partial charge in [0, 0.05) is 18.3 Å². The van der Waals surface area contributed by atoms with Crippen molar-refractivity contribution in [3.63, 3.8) is 0 Å². The normalized spacial score (nSPS) is 12.7. The van der Waals surface area contributed by atoms with E-state index in [2.05, 4.69) is 12.2 Å². The zero-order valence-corrected chi connectivity index (χ0v) is 11.4. The summed E-state index contributed by atoms with van der Waals surface area (Å²) in [6.07, 6.45) is -1.44. The Hall–Kier alpha value is -1.20. The van der Waals surface area contributed by atoms with Gasteiger partial charge in [0.05, 0.1) is 13.2 Å². The molecule has 0 heterocycles. The van der Waals surface area contributed by atoms with Gasteiger partial charge in [-0.2, -0.15) is 0 Å². The number of rotatable bonds is 8. The summed E-state index contributed by atoms with van der Waals surface area (Å²) in [7, 11) is 1.90. The first kappa shape index (κ1) is 15.9. The van der Waals surface area contributed by atoms with E-state index in [1.54, 1.807) is 0 Å². The van der Waals surface area contributed by atoms with Gasteiger partial charge in [-0.05, 0) is 31.2 Å². The summed E-state index contributed by atoms with van der Waals surface area (Å²) >= 11 is 0. The number of alkyl halides is 2. The van der Waals surface area contributed by atoms with Gasteiger partial charge in [-0.1, -0.05) is 19.1 Å². The van der Waals surface area contributed by atoms with Crippen LogP contribution in [0.3, 0.4) is 0 Å². The van der Waals surface area contributed by atoms with Crippen LogP contribution in [0.1, 0.15) is 24.9 Å². The highest BCUT2D eigenvalue weighted by molar-refractivity contribution is 5.48. The van der Waals surface area contributed by atoms with E-state index in [0.29, 0.717) is 5.69 Å². The molecule has 1 aromatic rings. The fourth-order valence-electron chi connectivity index (χ4n) is 2.14. The van der Waals surface area contributed by atoms with E-state index >= 15 is 0 Å². The van der Waals surface area contributed by atoms with Gasteiger partial charge in [-0.25, -0.2) is 8.78 Å². The molecule has 1 rings (SSSR count). The Morgan fingerprint density at radius 3 is 2.32 bits per heavy atom. The number of aliphatic hydroxyl groups excluding tert-OH is 1. The molecule has 0 spiro atoms. The summed E-state index contributed by atoms with van der Waals surface area (Å²) in [5.74, 6) is 0. The topological polar surface area (TPSA) is 35.5 Å². The third kappa shape index (κ3) is 4.76. The average Bonchev–Trinajstić information content (AvgIpc) is 2.40. The molecular formula is C14H22F2N2O. The van der Waals surface area contributed by atoms with Gasteiger partial charge in [-0.3, -0.25) is 0 Å². The molecular weight excluding hydrogens is 250 g/mol. The first-order valence-corrected chi connectivity index (χ1v) is 6.53. The maximum Gasteiger partial charge on any atom is 0.255 e. The molecule has 0 aromatic heterocycles. The minimum absolute atomic E-state index is 0.136. The van der Waals surface area contributed by atoms with Gasteiger partial charge in [0.1, 0.15) is 0 Å². The largest absolute Gasteiger partial charge is 0.395 e. The second-order valence-electron chi connectivity index (χ2n) is 4.40. The van der Waals surface area contributed by atoms with Gasteiger partial charge in [0.15, 0.2) is 0 Å². The summed E-state index contributed by atoms with van der Waals surface area (Å²) in [6, 6.07) is 7.81. The standard InChI is InChI=1S/C14H22F2N2O/c1-3-13(17-2)11-4-6-12(7-5-11)18(8-9-19)10-14(15)16/h4-7,13-14,17,19H,3,8-10H2,1-2H3. The van der Waals surface area contributed by atoms with Crippen LogP contribution in [0, 0.1) is 0 Å². The van der Waals surface area contributed by atoms with Crippen LogP contribution in [0.15, 0.2) is 24.3 Å². The first-order chi connectivity index (χ1) is 9.12. The Kier molecular flexibility index (Phi) is 6.73. The van der Waals surface area contributed by atoms with Crippen molar-refractivity contribution in [2.45, 2.75) is 25.8 Å². The van der Waals surface area contributed by atoms with E-state index in [1.807, 2.05) is 31.3 Å². The number of benzene rings is 1. The lowest BCUT2D eigenvalue weighted by molar-refractivity contribution is 0.153. The van der Waals surface area contributed by atoms with Gasteiger partial charge < -0.3 is 15.3 Å². The SMILES string of the molecule is CCC(NC)c1ccc(N(CCO)CC(F)F)cc1. The van der Waals surface area contributed by atoms with Crippen LogP contribution in [0.4, 0.5) is 14.5 Å². The molecule has 0 saturated carbocycles. The predicted octanol–water partition coefficient (Wildman–Crippen LogP) is 2.42. The molecule has 0 aliphatic carbocycles. The molecule has 0 aliphatic heterocycles. The van der Waals surface area contributed by atoms with Gasteiger partial charge in [0.25, 0.3) is 6.43 Å². The maximum absolute atomic E-state index is 12.5. The lowest BCUT2D eigenvalue weighted by atomic mass is 10.0. The van der Waals surface area contributed by atoms with Crippen molar-refractivity contribution in [2.24, 2.45) is 0 Å². The average molecular weight is 272 g/mol. The van der Waals surface area contributed by atoms with Crippen LogP contribution in [0.5, 0.6) is 0 Å². The lowest BCUT2D eigenvalue weighted by Crippen LogP contribution is -2.31. The minimum atomic E-state index is -2.41. The van der Waals surface area contributed by atoms with Gasteiger partial charge in [-0.15, -0.1) is 0 Å². The molecule has 0 bridgehead atoms. The summed E-state index contributed by atoms with van der Waals surface area (Å²) in [5, 5.41) is 12.1. The molecule has 0 saturated heterocycles. The quantitative estimate of drug-likeness (QED) is 0.763. The third-order valence-corrected chi connectivity index (χ3v) is 3.15. The zero-order valence-electron chi connectivity index (χ0n) is 11.4. The fourth-order valence-corrected chi connectivity index (χ4v) is 2.14. The van der Waals surface area contributed by atoms with Gasteiger partial charge >= 0.3 is 0 Å². The molecule has 108 valence electrons. The summed E-state index contributed by atoms with van der Waals surface area (Å²) < 4.78 is 25.0. The molecule has 1 atom stereocenters.